The minimum atomic E-state index is 0.372. The van der Waals surface area contributed by atoms with Gasteiger partial charge < -0.3 is 30.7 Å². The van der Waals surface area contributed by atoms with Gasteiger partial charge in [-0.1, -0.05) is 25.4 Å². The molecule has 8 heterocycles. The average Bonchev–Trinajstić information content (AvgIpc) is 3.75. The number of allylic oxidation sites excluding steroid dienone is 1. The monoisotopic (exact) mass is 843 g/mol. The van der Waals surface area contributed by atoms with E-state index in [2.05, 4.69) is 94.3 Å². The van der Waals surface area contributed by atoms with Crippen LogP contribution in [0.2, 0.25) is 5.15 Å². The van der Waals surface area contributed by atoms with Gasteiger partial charge in [0.1, 0.15) is 11.0 Å². The van der Waals surface area contributed by atoms with Gasteiger partial charge >= 0.3 is 0 Å². The largest absolute Gasteiger partial charge is 0.404 e. The van der Waals surface area contributed by atoms with E-state index >= 15 is 0 Å². The lowest BCUT2D eigenvalue weighted by Crippen LogP contribution is -2.44. The number of aryl methyl sites for hydroxylation is 1. The van der Waals surface area contributed by atoms with Crippen molar-refractivity contribution >= 4 is 57.1 Å². The Morgan fingerprint density at radius 3 is 2.16 bits per heavy atom. The van der Waals surface area contributed by atoms with E-state index in [0.29, 0.717) is 22.7 Å². The Hall–Kier alpha value is -5.45. The summed E-state index contributed by atoms with van der Waals surface area (Å²) in [5, 5.41) is 16.5. The number of aromatic nitrogens is 8. The van der Waals surface area contributed by atoms with Crippen molar-refractivity contribution in [3.63, 3.8) is 0 Å². The van der Waals surface area contributed by atoms with Gasteiger partial charge in [0.05, 0.1) is 34.5 Å². The number of halogens is 1. The van der Waals surface area contributed by atoms with Crippen molar-refractivity contribution in [1.82, 2.24) is 59.5 Å². The summed E-state index contributed by atoms with van der Waals surface area (Å²) in [6.07, 6.45) is 15.0. The third-order valence-corrected chi connectivity index (χ3v) is 11.4. The number of hydrogen-bond donors (Lipinski definition) is 2. The van der Waals surface area contributed by atoms with Gasteiger partial charge in [-0.25, -0.2) is 9.97 Å². The van der Waals surface area contributed by atoms with Crippen LogP contribution in [0.25, 0.3) is 38.8 Å². The van der Waals surface area contributed by atoms with Crippen molar-refractivity contribution in [2.75, 3.05) is 91.4 Å². The number of aliphatic imine (C=N–C) groups is 1. The number of anilines is 2. The molecule has 16 heteroatoms. The molecule has 15 nitrogen and oxygen atoms in total. The van der Waals surface area contributed by atoms with Gasteiger partial charge in [-0.05, 0) is 94.0 Å². The van der Waals surface area contributed by atoms with Crippen molar-refractivity contribution in [2.45, 2.75) is 39.2 Å². The van der Waals surface area contributed by atoms with E-state index in [9.17, 15) is 0 Å². The van der Waals surface area contributed by atoms with Crippen molar-refractivity contribution in [3.8, 4) is 11.1 Å². The summed E-state index contributed by atoms with van der Waals surface area (Å²) < 4.78 is 2.01. The molecule has 0 bridgehead atoms. The fourth-order valence-electron chi connectivity index (χ4n) is 7.26. The maximum Gasteiger partial charge on any atom is 0.154 e. The van der Waals surface area contributed by atoms with Crippen molar-refractivity contribution in [3.05, 3.63) is 95.9 Å². The molecule has 2 fully saturated rings. The lowest BCUT2D eigenvalue weighted by Gasteiger charge is -2.32. The molecule has 0 unspecified atom stereocenters. The molecule has 0 saturated carbocycles. The number of nitrogens with one attached hydrogen (secondary N) is 1. The third-order valence-electron chi connectivity index (χ3n) is 11.2. The predicted molar refractivity (Wildman–Crippen MR) is 247 cm³/mol. The molecule has 61 heavy (non-hydrogen) atoms. The van der Waals surface area contributed by atoms with Crippen molar-refractivity contribution < 1.29 is 0 Å². The molecule has 2 aliphatic heterocycles. The van der Waals surface area contributed by atoms with E-state index in [1.165, 1.54) is 26.2 Å². The minimum Gasteiger partial charge on any atom is -0.404 e. The molecular weight excluding hydrogens is 786 g/mol. The van der Waals surface area contributed by atoms with Crippen LogP contribution in [0.1, 0.15) is 43.7 Å². The highest BCUT2D eigenvalue weighted by atomic mass is 35.5. The van der Waals surface area contributed by atoms with Crippen LogP contribution < -0.4 is 11.1 Å². The number of hydrogen-bond acceptors (Lipinski definition) is 14. The third kappa shape index (κ3) is 12.6. The maximum atomic E-state index is 5.99. The average molecular weight is 845 g/mol. The predicted octanol–water partition coefficient (Wildman–Crippen LogP) is 6.08. The van der Waals surface area contributed by atoms with Crippen LogP contribution in [0.5, 0.6) is 0 Å². The van der Waals surface area contributed by atoms with E-state index < -0.39 is 0 Å². The lowest BCUT2D eigenvalue weighted by molar-refractivity contribution is 0.151. The Morgan fingerprint density at radius 2 is 1.44 bits per heavy atom. The van der Waals surface area contributed by atoms with Crippen molar-refractivity contribution in [2.24, 2.45) is 10.7 Å². The highest BCUT2D eigenvalue weighted by Crippen LogP contribution is 2.24. The number of likely N-dealkylation sites (N-methyl/N-ethyl adjacent to an activating group) is 2. The van der Waals surface area contributed by atoms with Crippen LogP contribution in [0, 0.1) is 0 Å². The van der Waals surface area contributed by atoms with Crippen LogP contribution in [-0.4, -0.2) is 152 Å². The summed E-state index contributed by atoms with van der Waals surface area (Å²) in [6, 6.07) is 13.5. The number of fused-ring (bicyclic) bond motifs is 2. The van der Waals surface area contributed by atoms with Crippen LogP contribution in [0.15, 0.2) is 84.6 Å². The standard InChI is InChI=1S/C26H35N9.C19H23ClN6/c1-19(2)20-14-26(33-30-18-20)32-25-6-5-23-24(31-25)13-21(17-29-23)22(15-27)16-28-7-4-8-35-11-9-34(3)10-12-35;1-24-7-9-25(10-8-24)5-2-6-26-14-16(13-22-26)15-11-18-17(21-12-15)3-4-19(20)23-18/h5-6,13-19H,4,7-12,27H2,1-3H3,(H,31,32,33);3-4,11-14H,2,5-10H2,1H3. The van der Waals surface area contributed by atoms with E-state index in [-0.39, 0.29) is 0 Å². The first-order chi connectivity index (χ1) is 29.7. The summed E-state index contributed by atoms with van der Waals surface area (Å²) in [4.78, 5) is 32.5. The normalized spacial score (nSPS) is 16.1. The Bertz CT molecular complexity index is 2400. The van der Waals surface area contributed by atoms with Gasteiger partial charge in [0.25, 0.3) is 0 Å². The van der Waals surface area contributed by atoms with Crippen LogP contribution in [-0.2, 0) is 6.54 Å². The highest BCUT2D eigenvalue weighted by Gasteiger charge is 2.15. The van der Waals surface area contributed by atoms with Gasteiger partial charge in [0.2, 0.25) is 0 Å². The van der Waals surface area contributed by atoms with E-state index in [4.69, 9.17) is 22.3 Å². The molecule has 3 N–H and O–H groups in total. The zero-order valence-electron chi connectivity index (χ0n) is 35.8. The number of pyridine rings is 4. The zero-order valence-corrected chi connectivity index (χ0v) is 36.6. The number of rotatable bonds is 14. The molecule has 2 saturated heterocycles. The van der Waals surface area contributed by atoms with E-state index in [0.717, 1.165) is 115 Å². The van der Waals surface area contributed by atoms with Gasteiger partial charge in [0.15, 0.2) is 5.82 Å². The van der Waals surface area contributed by atoms with E-state index in [1.54, 1.807) is 18.5 Å². The summed E-state index contributed by atoms with van der Waals surface area (Å²) in [5.41, 5.74) is 14.0. The summed E-state index contributed by atoms with van der Waals surface area (Å²) >= 11 is 5.99. The first-order valence-electron chi connectivity index (χ1n) is 21.2. The molecule has 0 aromatic carbocycles. The quantitative estimate of drug-likeness (QED) is 0.0740. The highest BCUT2D eigenvalue weighted by molar-refractivity contribution is 6.29. The molecule has 0 spiro atoms. The molecule has 320 valence electrons. The van der Waals surface area contributed by atoms with Crippen LogP contribution in [0.3, 0.4) is 0 Å². The van der Waals surface area contributed by atoms with Gasteiger partial charge in [-0.2, -0.15) is 10.2 Å². The number of nitrogens with two attached hydrogens (primary N) is 1. The second-order valence-electron chi connectivity index (χ2n) is 16.2. The topological polar surface area (TPSA) is 159 Å². The molecule has 0 radical (unpaired) electrons. The Labute approximate surface area is 363 Å². The van der Waals surface area contributed by atoms with Crippen LogP contribution >= 0.6 is 11.6 Å². The summed E-state index contributed by atoms with van der Waals surface area (Å²) in [7, 11) is 4.37. The first-order valence-corrected chi connectivity index (χ1v) is 21.6. The maximum absolute atomic E-state index is 5.99. The Kier molecular flexibility index (Phi) is 15.3. The second kappa shape index (κ2) is 21.4. The molecule has 2 aliphatic rings. The summed E-state index contributed by atoms with van der Waals surface area (Å²) in [5.74, 6) is 1.72. The molecule has 6 aromatic heterocycles. The number of piperazine rings is 2. The smallest absolute Gasteiger partial charge is 0.154 e. The van der Waals surface area contributed by atoms with Crippen molar-refractivity contribution in [1.29, 1.82) is 0 Å². The lowest BCUT2D eigenvalue weighted by atomic mass is 10.1. The minimum absolute atomic E-state index is 0.372. The zero-order chi connectivity index (χ0) is 42.6. The number of nitrogens with zero attached hydrogens (tertiary/aromatic N) is 13. The van der Waals surface area contributed by atoms with E-state index in [1.807, 2.05) is 65.9 Å². The molecule has 0 aliphatic carbocycles. The second-order valence-corrected chi connectivity index (χ2v) is 16.5. The summed E-state index contributed by atoms with van der Waals surface area (Å²) in [6.45, 7) is 17.4. The van der Waals surface area contributed by atoms with Gasteiger partial charge in [0, 0.05) is 119 Å². The SMILES string of the molecule is CC(C)c1cnnc(Nc2ccc3ncc(C(C=NCCCN4CCN(C)CC4)=CN)cc3n2)c1.CN1CCN(CCCn2cc(-c3cnc4ccc(Cl)nc4c3)cn2)CC1. The van der Waals surface area contributed by atoms with Gasteiger partial charge in [-0.3, -0.25) is 19.6 Å². The fourth-order valence-corrected chi connectivity index (χ4v) is 7.41. The Morgan fingerprint density at radius 1 is 0.754 bits per heavy atom. The molecule has 0 atom stereocenters. The molecule has 8 rings (SSSR count). The molecule has 0 amide bonds. The first kappa shape index (κ1) is 43.6. The molecular formula is C45H58ClN15. The molecule has 6 aromatic rings. The Balaban J connectivity index is 0.000000192. The fraction of sp³-hybridized carbons (Fsp3) is 0.422. The van der Waals surface area contributed by atoms with Crippen LogP contribution in [0.4, 0.5) is 11.6 Å². The van der Waals surface area contributed by atoms with Gasteiger partial charge in [-0.15, -0.1) is 5.10 Å².